The van der Waals surface area contributed by atoms with Crippen LogP contribution in [0.1, 0.15) is 32.6 Å². The number of non-ortho nitro benzene ring substituents is 1. The smallest absolute Gasteiger partial charge is 0.271 e. The highest BCUT2D eigenvalue weighted by Crippen LogP contribution is 2.26. The molecule has 1 saturated carbocycles. The van der Waals surface area contributed by atoms with Crippen molar-refractivity contribution in [3.63, 3.8) is 0 Å². The summed E-state index contributed by atoms with van der Waals surface area (Å²) in [6.07, 6.45) is 4.84. The van der Waals surface area contributed by atoms with E-state index < -0.39 is 4.92 Å². The monoisotopic (exact) mass is 274 g/mol. The highest BCUT2D eigenvalue weighted by atomic mass is 16.6. The number of nitro groups is 1. The number of hydrogen-bond donors (Lipinski definition) is 2. The molecule has 6 heteroatoms. The minimum absolute atomic E-state index is 0.0824. The molecule has 1 aromatic heterocycles. The Morgan fingerprint density at radius 3 is 3.05 bits per heavy atom. The molecular weight excluding hydrogens is 256 g/mol. The minimum Gasteiger partial charge on any atom is -0.353 e. The van der Waals surface area contributed by atoms with Crippen LogP contribution in [0, 0.1) is 16.0 Å². The Kier molecular flexibility index (Phi) is 3.30. The molecule has 3 rings (SSSR count). The topological polar surface area (TPSA) is 83.8 Å². The molecule has 6 nitrogen and oxygen atoms in total. The first-order valence-electron chi connectivity index (χ1n) is 7.02. The lowest BCUT2D eigenvalue weighted by atomic mass is 9.87. The molecule has 1 aromatic carbocycles. The summed E-state index contributed by atoms with van der Waals surface area (Å²) in [6.45, 7) is 2.27. The van der Waals surface area contributed by atoms with E-state index in [1.807, 2.05) is 0 Å². The van der Waals surface area contributed by atoms with Gasteiger partial charge >= 0.3 is 0 Å². The molecule has 1 fully saturated rings. The molecule has 1 heterocycles. The van der Waals surface area contributed by atoms with Gasteiger partial charge in [-0.1, -0.05) is 19.8 Å². The van der Waals surface area contributed by atoms with E-state index >= 15 is 0 Å². The summed E-state index contributed by atoms with van der Waals surface area (Å²) >= 11 is 0. The Morgan fingerprint density at radius 1 is 1.45 bits per heavy atom. The lowest BCUT2D eigenvalue weighted by Crippen LogP contribution is -2.26. The number of imidazole rings is 1. The predicted octanol–water partition coefficient (Wildman–Crippen LogP) is 3.46. The van der Waals surface area contributed by atoms with Gasteiger partial charge in [0.2, 0.25) is 5.95 Å². The average molecular weight is 274 g/mol. The summed E-state index contributed by atoms with van der Waals surface area (Å²) in [5, 5.41) is 14.2. The number of H-pyrrole nitrogens is 1. The van der Waals surface area contributed by atoms with Crippen LogP contribution in [0.3, 0.4) is 0 Å². The Labute approximate surface area is 116 Å². The summed E-state index contributed by atoms with van der Waals surface area (Å²) in [5.41, 5.74) is 1.53. The van der Waals surface area contributed by atoms with Crippen LogP contribution in [0.15, 0.2) is 18.2 Å². The molecule has 1 aliphatic rings. The number of rotatable bonds is 3. The molecular formula is C14H18N4O2. The van der Waals surface area contributed by atoms with Crippen LogP contribution >= 0.6 is 0 Å². The van der Waals surface area contributed by atoms with Crippen molar-refractivity contribution >= 4 is 22.7 Å². The quantitative estimate of drug-likeness (QED) is 0.663. The zero-order valence-electron chi connectivity index (χ0n) is 11.4. The second-order valence-corrected chi connectivity index (χ2v) is 5.66. The summed E-state index contributed by atoms with van der Waals surface area (Å²) in [5.74, 6) is 1.45. The maximum atomic E-state index is 10.8. The fourth-order valence-electron chi connectivity index (χ4n) is 2.94. The first-order valence-corrected chi connectivity index (χ1v) is 7.02. The lowest BCUT2D eigenvalue weighted by Gasteiger charge is -2.27. The molecule has 2 aromatic rings. The fraction of sp³-hybridized carbons (Fsp3) is 0.500. The Bertz CT molecular complexity index is 637. The standard InChI is InChI=1S/C14H18N4O2/c1-9-3-2-4-10(7-9)15-14-16-12-6-5-11(18(19)20)8-13(12)17-14/h5-6,8-10H,2-4,7H2,1H3,(H2,15,16,17). The number of benzene rings is 1. The number of hydrogen-bond acceptors (Lipinski definition) is 4. The van der Waals surface area contributed by atoms with E-state index in [-0.39, 0.29) is 5.69 Å². The molecule has 0 saturated heterocycles. The van der Waals surface area contributed by atoms with Gasteiger partial charge in [-0.25, -0.2) is 4.98 Å². The van der Waals surface area contributed by atoms with Crippen LogP contribution in [-0.4, -0.2) is 20.9 Å². The van der Waals surface area contributed by atoms with Crippen LogP contribution in [0.4, 0.5) is 11.6 Å². The van der Waals surface area contributed by atoms with E-state index in [9.17, 15) is 10.1 Å². The van der Waals surface area contributed by atoms with Crippen LogP contribution in [0.5, 0.6) is 0 Å². The Morgan fingerprint density at radius 2 is 2.30 bits per heavy atom. The molecule has 2 atom stereocenters. The first-order chi connectivity index (χ1) is 9.61. The van der Waals surface area contributed by atoms with Crippen molar-refractivity contribution in [2.75, 3.05) is 5.32 Å². The highest BCUT2D eigenvalue weighted by molar-refractivity contribution is 5.79. The normalized spacial score (nSPS) is 22.9. The summed E-state index contributed by atoms with van der Waals surface area (Å²) in [4.78, 5) is 17.9. The van der Waals surface area contributed by atoms with E-state index in [0.717, 1.165) is 24.3 Å². The second-order valence-electron chi connectivity index (χ2n) is 5.66. The van der Waals surface area contributed by atoms with Gasteiger partial charge in [0.15, 0.2) is 0 Å². The first kappa shape index (κ1) is 12.9. The van der Waals surface area contributed by atoms with E-state index in [0.29, 0.717) is 17.5 Å². The third kappa shape index (κ3) is 2.59. The van der Waals surface area contributed by atoms with E-state index in [4.69, 9.17) is 0 Å². The number of nitrogens with zero attached hydrogens (tertiary/aromatic N) is 2. The number of nitro benzene ring substituents is 1. The van der Waals surface area contributed by atoms with Gasteiger partial charge in [-0.2, -0.15) is 0 Å². The highest BCUT2D eigenvalue weighted by Gasteiger charge is 2.19. The molecule has 0 bridgehead atoms. The van der Waals surface area contributed by atoms with Crippen molar-refractivity contribution in [3.8, 4) is 0 Å². The molecule has 106 valence electrons. The number of nitrogens with one attached hydrogen (secondary N) is 2. The van der Waals surface area contributed by atoms with Gasteiger partial charge in [-0.05, 0) is 24.8 Å². The third-order valence-corrected chi connectivity index (χ3v) is 3.95. The van der Waals surface area contributed by atoms with Gasteiger partial charge in [-0.3, -0.25) is 10.1 Å². The number of anilines is 1. The van der Waals surface area contributed by atoms with Crippen LogP contribution in [0.25, 0.3) is 11.0 Å². The Hall–Kier alpha value is -2.11. The zero-order chi connectivity index (χ0) is 14.1. The van der Waals surface area contributed by atoms with E-state index in [1.54, 1.807) is 6.07 Å². The molecule has 1 aliphatic carbocycles. The maximum absolute atomic E-state index is 10.8. The van der Waals surface area contributed by atoms with Gasteiger partial charge in [-0.15, -0.1) is 0 Å². The minimum atomic E-state index is -0.393. The van der Waals surface area contributed by atoms with Crippen molar-refractivity contribution in [1.29, 1.82) is 0 Å². The third-order valence-electron chi connectivity index (χ3n) is 3.95. The van der Waals surface area contributed by atoms with Crippen LogP contribution in [-0.2, 0) is 0 Å². The largest absolute Gasteiger partial charge is 0.353 e. The SMILES string of the molecule is CC1CCCC(Nc2nc3ccc([N+](=O)[O-])cc3[nH]2)C1. The summed E-state index contributed by atoms with van der Waals surface area (Å²) in [7, 11) is 0. The lowest BCUT2D eigenvalue weighted by molar-refractivity contribution is -0.384. The van der Waals surface area contributed by atoms with Crippen molar-refractivity contribution in [2.24, 2.45) is 5.92 Å². The zero-order valence-corrected chi connectivity index (χ0v) is 11.4. The van der Waals surface area contributed by atoms with Gasteiger partial charge in [0.25, 0.3) is 5.69 Å². The number of aromatic nitrogens is 2. The predicted molar refractivity (Wildman–Crippen MR) is 77.8 cm³/mol. The van der Waals surface area contributed by atoms with Gasteiger partial charge < -0.3 is 10.3 Å². The van der Waals surface area contributed by atoms with Crippen LogP contribution < -0.4 is 5.32 Å². The Balaban J connectivity index is 1.80. The second kappa shape index (κ2) is 5.11. The van der Waals surface area contributed by atoms with Crippen molar-refractivity contribution < 1.29 is 4.92 Å². The summed E-state index contributed by atoms with van der Waals surface area (Å²) < 4.78 is 0. The molecule has 0 amide bonds. The molecule has 2 unspecified atom stereocenters. The fourth-order valence-corrected chi connectivity index (χ4v) is 2.94. The van der Waals surface area contributed by atoms with Crippen molar-refractivity contribution in [1.82, 2.24) is 9.97 Å². The maximum Gasteiger partial charge on any atom is 0.271 e. The van der Waals surface area contributed by atoms with Crippen LogP contribution in [0.2, 0.25) is 0 Å². The number of aromatic amines is 1. The summed E-state index contributed by atoms with van der Waals surface area (Å²) in [6, 6.07) is 5.12. The molecule has 2 N–H and O–H groups in total. The molecule has 0 spiro atoms. The van der Waals surface area contributed by atoms with E-state index in [2.05, 4.69) is 22.2 Å². The average Bonchev–Trinajstić information content (AvgIpc) is 2.79. The number of fused-ring (bicyclic) bond motifs is 1. The van der Waals surface area contributed by atoms with E-state index in [1.165, 1.54) is 25.0 Å². The van der Waals surface area contributed by atoms with Gasteiger partial charge in [0.05, 0.1) is 16.0 Å². The van der Waals surface area contributed by atoms with Gasteiger partial charge in [0, 0.05) is 18.2 Å². The van der Waals surface area contributed by atoms with Crippen molar-refractivity contribution in [3.05, 3.63) is 28.3 Å². The van der Waals surface area contributed by atoms with Crippen molar-refractivity contribution in [2.45, 2.75) is 38.6 Å². The molecule has 0 radical (unpaired) electrons. The molecule has 20 heavy (non-hydrogen) atoms. The van der Waals surface area contributed by atoms with Gasteiger partial charge in [0.1, 0.15) is 0 Å². The molecule has 0 aliphatic heterocycles.